The number of hydrogen-bond acceptors (Lipinski definition) is 4. The Balaban J connectivity index is 1.65. The highest BCUT2D eigenvalue weighted by molar-refractivity contribution is 5.85. The lowest BCUT2D eigenvalue weighted by atomic mass is 9.50. The maximum Gasteiger partial charge on any atom is 0.174 e. The van der Waals surface area contributed by atoms with Gasteiger partial charge in [-0.15, -0.1) is 0 Å². The summed E-state index contributed by atoms with van der Waals surface area (Å²) >= 11 is 0. The highest BCUT2D eigenvalue weighted by Crippen LogP contribution is 2.66. The number of carbonyl (C=O) groups is 2. The Morgan fingerprint density at radius 1 is 1.04 bits per heavy atom. The Kier molecular flexibility index (Phi) is 4.59. The van der Waals surface area contributed by atoms with Crippen molar-refractivity contribution in [1.29, 1.82) is 0 Å². The monoisotopic (exact) mass is 362 g/mol. The smallest absolute Gasteiger partial charge is 0.174 e. The first-order chi connectivity index (χ1) is 12.4. The van der Waals surface area contributed by atoms with Crippen LogP contribution >= 0.6 is 0 Å². The van der Waals surface area contributed by atoms with E-state index in [4.69, 9.17) is 9.47 Å². The van der Waals surface area contributed by atoms with E-state index in [0.717, 1.165) is 44.8 Å². The van der Waals surface area contributed by atoms with Crippen LogP contribution in [0.4, 0.5) is 0 Å². The normalized spacial score (nSPS) is 47.9. The van der Waals surface area contributed by atoms with Gasteiger partial charge in [0.2, 0.25) is 0 Å². The molecule has 26 heavy (non-hydrogen) atoms. The summed E-state index contributed by atoms with van der Waals surface area (Å²) in [6.07, 6.45) is 8.50. The first-order valence-electron chi connectivity index (χ1n) is 10.6. The van der Waals surface area contributed by atoms with Gasteiger partial charge in [-0.2, -0.15) is 0 Å². The molecule has 4 nitrogen and oxygen atoms in total. The molecule has 0 aromatic heterocycles. The van der Waals surface area contributed by atoms with Crippen LogP contribution in [0.1, 0.15) is 72.1 Å². The van der Waals surface area contributed by atoms with Crippen molar-refractivity contribution in [3.05, 3.63) is 0 Å². The standard InChI is InChI=1S/C22H34O4/c1-15-4-8-20(2,19(24)14-15)17-5-9-21(3)18(16(17)7-11-23)6-10-22(21)25-12-13-26-22/h11,15-18H,4-10,12-14H2,1-3H3/t15-,16+,17?,18?,20+,21-/m0/s1. The van der Waals surface area contributed by atoms with Gasteiger partial charge in [-0.05, 0) is 55.8 Å². The third-order valence-electron chi connectivity index (χ3n) is 8.75. The van der Waals surface area contributed by atoms with Gasteiger partial charge in [0.1, 0.15) is 12.1 Å². The third-order valence-corrected chi connectivity index (χ3v) is 8.75. The molecule has 1 heterocycles. The van der Waals surface area contributed by atoms with Gasteiger partial charge >= 0.3 is 0 Å². The van der Waals surface area contributed by atoms with Crippen LogP contribution in [0.25, 0.3) is 0 Å². The van der Waals surface area contributed by atoms with Crippen molar-refractivity contribution >= 4 is 12.1 Å². The van der Waals surface area contributed by atoms with Crippen LogP contribution in [0.5, 0.6) is 0 Å². The largest absolute Gasteiger partial charge is 0.347 e. The number of ether oxygens (including phenoxy) is 2. The van der Waals surface area contributed by atoms with Crippen LogP contribution < -0.4 is 0 Å². The molecular formula is C22H34O4. The van der Waals surface area contributed by atoms with Crippen LogP contribution in [0.2, 0.25) is 0 Å². The number of carbonyl (C=O) groups excluding carboxylic acids is 2. The van der Waals surface area contributed by atoms with Crippen molar-refractivity contribution in [3.8, 4) is 0 Å². The molecule has 0 aromatic rings. The summed E-state index contributed by atoms with van der Waals surface area (Å²) in [6.45, 7) is 8.06. The van der Waals surface area contributed by atoms with Gasteiger partial charge in [0.25, 0.3) is 0 Å². The van der Waals surface area contributed by atoms with Crippen LogP contribution in [0.15, 0.2) is 0 Å². The van der Waals surface area contributed by atoms with E-state index in [-0.39, 0.29) is 16.7 Å². The summed E-state index contributed by atoms with van der Waals surface area (Å²) in [4.78, 5) is 24.7. The van der Waals surface area contributed by atoms with E-state index >= 15 is 0 Å². The minimum absolute atomic E-state index is 0.0327. The topological polar surface area (TPSA) is 52.6 Å². The molecule has 4 fully saturated rings. The summed E-state index contributed by atoms with van der Waals surface area (Å²) in [6, 6.07) is 0. The van der Waals surface area contributed by atoms with Gasteiger partial charge in [-0.3, -0.25) is 4.79 Å². The maximum atomic E-state index is 13.1. The van der Waals surface area contributed by atoms with Gasteiger partial charge in [0.05, 0.1) is 13.2 Å². The summed E-state index contributed by atoms with van der Waals surface area (Å²) in [7, 11) is 0. The zero-order chi connectivity index (χ0) is 18.6. The number of Topliss-reactive ketones (excluding diaryl/α,β-unsaturated/α-hetero) is 1. The summed E-state index contributed by atoms with van der Waals surface area (Å²) in [5, 5.41) is 0. The molecule has 1 aliphatic heterocycles. The molecule has 1 saturated heterocycles. The first kappa shape index (κ1) is 18.6. The van der Waals surface area contributed by atoms with E-state index in [1.54, 1.807) is 0 Å². The summed E-state index contributed by atoms with van der Waals surface area (Å²) < 4.78 is 12.3. The second-order valence-corrected chi connectivity index (χ2v) is 9.91. The molecule has 3 aliphatic carbocycles. The molecule has 6 atom stereocenters. The molecule has 0 N–H and O–H groups in total. The Morgan fingerprint density at radius 2 is 1.73 bits per heavy atom. The molecule has 4 heteroatoms. The number of aldehydes is 1. The minimum Gasteiger partial charge on any atom is -0.347 e. The highest BCUT2D eigenvalue weighted by Gasteiger charge is 2.66. The fraction of sp³-hybridized carbons (Fsp3) is 0.909. The average molecular weight is 363 g/mol. The van der Waals surface area contributed by atoms with E-state index in [0.29, 0.717) is 49.6 Å². The van der Waals surface area contributed by atoms with Crippen molar-refractivity contribution in [2.75, 3.05) is 13.2 Å². The first-order valence-corrected chi connectivity index (χ1v) is 10.6. The Bertz CT molecular complexity index is 581. The lowest BCUT2D eigenvalue weighted by Crippen LogP contribution is -2.55. The molecule has 4 aliphatic rings. The van der Waals surface area contributed by atoms with Gasteiger partial charge in [-0.25, -0.2) is 0 Å². The van der Waals surface area contributed by atoms with Crippen LogP contribution in [-0.2, 0) is 19.1 Å². The Labute approximate surface area is 157 Å². The highest BCUT2D eigenvalue weighted by atomic mass is 16.7. The maximum absolute atomic E-state index is 13.1. The van der Waals surface area contributed by atoms with E-state index < -0.39 is 5.79 Å². The summed E-state index contributed by atoms with van der Waals surface area (Å²) in [5.41, 5.74) is -0.288. The molecule has 4 rings (SSSR count). The van der Waals surface area contributed by atoms with E-state index in [9.17, 15) is 9.59 Å². The van der Waals surface area contributed by atoms with Gasteiger partial charge in [0, 0.05) is 30.1 Å². The fourth-order valence-electron chi connectivity index (χ4n) is 7.13. The predicted octanol–water partition coefficient (Wildman–Crippen LogP) is 4.16. The Hall–Kier alpha value is -0.740. The van der Waals surface area contributed by atoms with Crippen LogP contribution in [0.3, 0.4) is 0 Å². The number of rotatable bonds is 3. The number of ketones is 1. The molecule has 0 bridgehead atoms. The fourth-order valence-corrected chi connectivity index (χ4v) is 7.13. The molecule has 0 aromatic carbocycles. The van der Waals surface area contributed by atoms with Gasteiger partial charge in [-0.1, -0.05) is 20.8 Å². The molecule has 3 saturated carbocycles. The Morgan fingerprint density at radius 3 is 2.38 bits per heavy atom. The van der Waals surface area contributed by atoms with Crippen LogP contribution in [-0.4, -0.2) is 31.1 Å². The second kappa shape index (κ2) is 6.41. The van der Waals surface area contributed by atoms with Crippen molar-refractivity contribution in [1.82, 2.24) is 0 Å². The SMILES string of the molecule is C[C@H]1CC[C@](C)(C2CC[C@@]3(C)C(CCC34OCCO4)[C@@H]2CC=O)C(=O)C1. The lowest BCUT2D eigenvalue weighted by Gasteiger charge is -2.55. The quantitative estimate of drug-likeness (QED) is 0.708. The molecule has 146 valence electrons. The van der Waals surface area contributed by atoms with E-state index in [1.165, 1.54) is 0 Å². The number of fused-ring (bicyclic) bond motifs is 2. The predicted molar refractivity (Wildman–Crippen MR) is 98.5 cm³/mol. The average Bonchev–Trinajstić information content (AvgIpc) is 3.19. The molecular weight excluding hydrogens is 328 g/mol. The van der Waals surface area contributed by atoms with Crippen molar-refractivity contribution in [2.45, 2.75) is 77.9 Å². The van der Waals surface area contributed by atoms with Crippen molar-refractivity contribution in [2.24, 2.45) is 34.5 Å². The zero-order valence-electron chi connectivity index (χ0n) is 16.6. The van der Waals surface area contributed by atoms with Crippen molar-refractivity contribution in [3.63, 3.8) is 0 Å². The molecule has 0 amide bonds. The van der Waals surface area contributed by atoms with E-state index in [2.05, 4.69) is 20.8 Å². The van der Waals surface area contributed by atoms with Crippen molar-refractivity contribution < 1.29 is 19.1 Å². The molecule has 1 spiro atoms. The third kappa shape index (κ3) is 2.47. The van der Waals surface area contributed by atoms with Gasteiger partial charge < -0.3 is 14.3 Å². The van der Waals surface area contributed by atoms with E-state index in [1.807, 2.05) is 0 Å². The minimum atomic E-state index is -0.449. The zero-order valence-corrected chi connectivity index (χ0v) is 16.6. The molecule has 0 radical (unpaired) electrons. The van der Waals surface area contributed by atoms with Crippen LogP contribution in [0, 0.1) is 34.5 Å². The lowest BCUT2D eigenvalue weighted by molar-refractivity contribution is -0.241. The molecule has 2 unspecified atom stereocenters. The number of hydrogen-bond donors (Lipinski definition) is 0. The summed E-state index contributed by atoms with van der Waals surface area (Å²) in [5.74, 6) is 1.50. The van der Waals surface area contributed by atoms with Gasteiger partial charge in [0.15, 0.2) is 5.79 Å². The second-order valence-electron chi connectivity index (χ2n) is 9.91.